The van der Waals surface area contributed by atoms with Crippen molar-refractivity contribution in [2.45, 2.75) is 232 Å². The minimum Gasteiger partial charge on any atom is -0.462 e. The van der Waals surface area contributed by atoms with E-state index in [1.54, 1.807) is 0 Å². The number of rotatable bonds is 45. The van der Waals surface area contributed by atoms with Gasteiger partial charge >= 0.3 is 11.9 Å². The average Bonchev–Trinajstić information content (AvgIpc) is 3.25. The summed E-state index contributed by atoms with van der Waals surface area (Å²) in [6.07, 6.45) is 65.9. The van der Waals surface area contributed by atoms with Crippen molar-refractivity contribution in [1.82, 2.24) is 0 Å². The zero-order chi connectivity index (χ0) is 43.5. The van der Waals surface area contributed by atoms with Crippen molar-refractivity contribution in [1.29, 1.82) is 0 Å². The van der Waals surface area contributed by atoms with E-state index < -0.39 is 6.10 Å². The first kappa shape index (κ1) is 57.1. The summed E-state index contributed by atoms with van der Waals surface area (Å²) in [6, 6.07) is 0. The summed E-state index contributed by atoms with van der Waals surface area (Å²) in [7, 11) is 0. The molecular weight excluding hydrogens is 741 g/mol. The van der Waals surface area contributed by atoms with Gasteiger partial charge in [0.05, 0.1) is 6.61 Å². The summed E-state index contributed by atoms with van der Waals surface area (Å²) in [5.41, 5.74) is 0. The number of hydrogen-bond acceptors (Lipinski definition) is 5. The third kappa shape index (κ3) is 47.8. The zero-order valence-electron chi connectivity index (χ0n) is 39.5. The van der Waals surface area contributed by atoms with Gasteiger partial charge < -0.3 is 14.2 Å². The first-order valence-corrected chi connectivity index (χ1v) is 25.1. The summed E-state index contributed by atoms with van der Waals surface area (Å²) in [6.45, 7) is 7.62. The van der Waals surface area contributed by atoms with Crippen LogP contribution in [-0.4, -0.2) is 37.9 Å². The van der Waals surface area contributed by atoms with Gasteiger partial charge in [-0.05, 0) is 89.9 Å². The van der Waals surface area contributed by atoms with Gasteiger partial charge in [0.15, 0.2) is 6.10 Å². The van der Waals surface area contributed by atoms with Crippen molar-refractivity contribution >= 4 is 11.9 Å². The third-order valence-electron chi connectivity index (χ3n) is 10.4. The molecule has 0 amide bonds. The maximum Gasteiger partial charge on any atom is 0.306 e. The number of allylic oxidation sites excluding steroid dienone is 14. The predicted octanol–water partition coefficient (Wildman–Crippen LogP) is 16.9. The minimum absolute atomic E-state index is 0.0508. The number of carbonyl (C=O) groups is 2. The fourth-order valence-electron chi connectivity index (χ4n) is 6.69. The van der Waals surface area contributed by atoms with Crippen molar-refractivity contribution in [2.24, 2.45) is 0 Å². The maximum absolute atomic E-state index is 12.8. The topological polar surface area (TPSA) is 61.8 Å². The monoisotopic (exact) mass is 835 g/mol. The third-order valence-corrected chi connectivity index (χ3v) is 10.4. The molecule has 0 aromatic carbocycles. The standard InChI is InChI=1S/C55H94O5/c1-4-7-10-13-16-19-22-24-26-28-30-32-34-36-39-42-45-48-54(56)59-52-53(51-58-50-47-44-41-38-21-18-15-12-9-6-3)60-55(57)49-46-43-40-37-35-33-31-29-27-25-23-20-17-14-11-8-5-2/h7,10,16-17,19-20,24-27,30,32,36,39,53H,4-6,8-9,11-15,18,21-23,28-29,31,33-35,37-38,40-52H2,1-3H3/b10-7-,19-16-,20-17-,26-24-,27-25-,32-30-,39-36-. The lowest BCUT2D eigenvalue weighted by atomic mass is 10.1. The first-order chi connectivity index (χ1) is 29.6. The molecule has 0 rings (SSSR count). The summed E-state index contributed by atoms with van der Waals surface area (Å²) in [4.78, 5) is 25.3. The van der Waals surface area contributed by atoms with Gasteiger partial charge in [-0.25, -0.2) is 0 Å². The van der Waals surface area contributed by atoms with Crippen LogP contribution in [0.5, 0.6) is 0 Å². The van der Waals surface area contributed by atoms with Crippen LogP contribution < -0.4 is 0 Å². The van der Waals surface area contributed by atoms with E-state index in [0.717, 1.165) is 83.5 Å². The van der Waals surface area contributed by atoms with Crippen LogP contribution in [0.1, 0.15) is 226 Å². The Morgan fingerprint density at radius 2 is 0.767 bits per heavy atom. The highest BCUT2D eigenvalue weighted by Gasteiger charge is 2.17. The molecule has 0 saturated carbocycles. The second kappa shape index (κ2) is 50.4. The zero-order valence-corrected chi connectivity index (χ0v) is 39.5. The molecule has 0 aliphatic rings. The molecule has 0 aromatic rings. The van der Waals surface area contributed by atoms with E-state index >= 15 is 0 Å². The van der Waals surface area contributed by atoms with E-state index in [1.165, 1.54) is 109 Å². The van der Waals surface area contributed by atoms with Crippen LogP contribution in [-0.2, 0) is 23.8 Å². The van der Waals surface area contributed by atoms with Crippen LogP contribution in [0, 0.1) is 0 Å². The number of hydrogen-bond donors (Lipinski definition) is 0. The van der Waals surface area contributed by atoms with Gasteiger partial charge in [-0.15, -0.1) is 0 Å². The molecule has 5 heteroatoms. The number of unbranched alkanes of at least 4 members (excludes halogenated alkanes) is 20. The molecule has 0 N–H and O–H groups in total. The molecule has 0 fully saturated rings. The largest absolute Gasteiger partial charge is 0.462 e. The molecule has 0 aliphatic heterocycles. The number of esters is 2. The highest BCUT2D eigenvalue weighted by molar-refractivity contribution is 5.70. The smallest absolute Gasteiger partial charge is 0.306 e. The Morgan fingerprint density at radius 3 is 1.28 bits per heavy atom. The molecule has 5 nitrogen and oxygen atoms in total. The van der Waals surface area contributed by atoms with E-state index in [0.29, 0.717) is 19.4 Å². The second-order valence-electron chi connectivity index (χ2n) is 16.3. The second-order valence-corrected chi connectivity index (χ2v) is 16.3. The Morgan fingerprint density at radius 1 is 0.383 bits per heavy atom. The van der Waals surface area contributed by atoms with Crippen molar-refractivity contribution in [3.8, 4) is 0 Å². The lowest BCUT2D eigenvalue weighted by Gasteiger charge is -2.18. The highest BCUT2D eigenvalue weighted by atomic mass is 16.6. The SMILES string of the molecule is CC/C=C\C/C=C\C/C=C\C/C=C\C/C=C\CCCC(=O)OCC(COCCCCCCCCCCCC)OC(=O)CCCCCCCCC/C=C\C/C=C\CCCCC. The molecule has 0 aliphatic carbocycles. The maximum atomic E-state index is 12.8. The number of ether oxygens (including phenoxy) is 3. The lowest BCUT2D eigenvalue weighted by Crippen LogP contribution is -2.30. The van der Waals surface area contributed by atoms with Gasteiger partial charge in [-0.2, -0.15) is 0 Å². The Labute approximate surface area is 371 Å². The fourth-order valence-corrected chi connectivity index (χ4v) is 6.69. The van der Waals surface area contributed by atoms with Crippen molar-refractivity contribution in [2.75, 3.05) is 19.8 Å². The fraction of sp³-hybridized carbons (Fsp3) is 0.709. The molecule has 0 radical (unpaired) electrons. The van der Waals surface area contributed by atoms with Crippen LogP contribution in [0.2, 0.25) is 0 Å². The van der Waals surface area contributed by atoms with Gasteiger partial charge in [-0.1, -0.05) is 209 Å². The lowest BCUT2D eigenvalue weighted by molar-refractivity contribution is -0.163. The molecule has 0 heterocycles. The normalized spacial score (nSPS) is 12.9. The van der Waals surface area contributed by atoms with Crippen LogP contribution in [0.25, 0.3) is 0 Å². The minimum atomic E-state index is -0.564. The molecular formula is C55H94O5. The van der Waals surface area contributed by atoms with E-state index in [9.17, 15) is 9.59 Å². The Bertz CT molecular complexity index is 1130. The van der Waals surface area contributed by atoms with Gasteiger partial charge in [0, 0.05) is 19.4 Å². The van der Waals surface area contributed by atoms with Gasteiger partial charge in [-0.3, -0.25) is 9.59 Å². The van der Waals surface area contributed by atoms with Crippen LogP contribution >= 0.6 is 0 Å². The van der Waals surface area contributed by atoms with E-state index in [-0.39, 0.29) is 25.2 Å². The van der Waals surface area contributed by atoms with Crippen LogP contribution in [0.3, 0.4) is 0 Å². The predicted molar refractivity (Wildman–Crippen MR) is 260 cm³/mol. The molecule has 1 unspecified atom stereocenters. The molecule has 1 atom stereocenters. The molecule has 0 spiro atoms. The van der Waals surface area contributed by atoms with Crippen LogP contribution in [0.15, 0.2) is 85.1 Å². The van der Waals surface area contributed by atoms with Crippen molar-refractivity contribution < 1.29 is 23.8 Å². The first-order valence-electron chi connectivity index (χ1n) is 25.1. The quantitative estimate of drug-likeness (QED) is 0.0347. The van der Waals surface area contributed by atoms with Gasteiger partial charge in [0.1, 0.15) is 6.61 Å². The summed E-state index contributed by atoms with van der Waals surface area (Å²) >= 11 is 0. The molecule has 344 valence electrons. The van der Waals surface area contributed by atoms with E-state index in [2.05, 4.69) is 106 Å². The average molecular weight is 835 g/mol. The Hall–Kier alpha value is -2.92. The molecule has 60 heavy (non-hydrogen) atoms. The van der Waals surface area contributed by atoms with Gasteiger partial charge in [0.2, 0.25) is 0 Å². The highest BCUT2D eigenvalue weighted by Crippen LogP contribution is 2.13. The molecule has 0 bridgehead atoms. The van der Waals surface area contributed by atoms with E-state index in [4.69, 9.17) is 14.2 Å². The van der Waals surface area contributed by atoms with E-state index in [1.807, 2.05) is 0 Å². The van der Waals surface area contributed by atoms with Crippen molar-refractivity contribution in [3.05, 3.63) is 85.1 Å². The Kier molecular flexibility index (Phi) is 48.0. The molecule has 0 aromatic heterocycles. The summed E-state index contributed by atoms with van der Waals surface area (Å²) in [5, 5.41) is 0. The molecule has 0 saturated heterocycles. The summed E-state index contributed by atoms with van der Waals surface area (Å²) in [5.74, 6) is -0.473. The van der Waals surface area contributed by atoms with Crippen molar-refractivity contribution in [3.63, 3.8) is 0 Å². The van der Waals surface area contributed by atoms with Gasteiger partial charge in [0.25, 0.3) is 0 Å². The summed E-state index contributed by atoms with van der Waals surface area (Å²) < 4.78 is 17.3. The Balaban J connectivity index is 4.34. The number of carbonyl (C=O) groups excluding carboxylic acids is 2. The van der Waals surface area contributed by atoms with Crippen LogP contribution in [0.4, 0.5) is 0 Å².